The molecule has 2 aromatic rings. The number of hydrogen-bond donors (Lipinski definition) is 1. The van der Waals surface area contributed by atoms with E-state index in [1.165, 1.54) is 9.58 Å². The van der Waals surface area contributed by atoms with E-state index in [0.29, 0.717) is 6.42 Å². The normalized spacial score (nSPS) is 26.1. The molecule has 3 heterocycles. The lowest BCUT2D eigenvalue weighted by molar-refractivity contribution is -0.121. The third-order valence-electron chi connectivity index (χ3n) is 5.78. The summed E-state index contributed by atoms with van der Waals surface area (Å²) in [6.07, 6.45) is 2.58. The zero-order chi connectivity index (χ0) is 17.4. The van der Waals surface area contributed by atoms with Gasteiger partial charge in [-0.15, -0.1) is 11.3 Å². The molecule has 1 aromatic carbocycles. The number of carbonyl (C=O) groups excluding carboxylic acids is 1. The highest BCUT2D eigenvalue weighted by molar-refractivity contribution is 7.19. The number of rotatable bonds is 2. The molecule has 4 nitrogen and oxygen atoms in total. The zero-order valence-electron chi connectivity index (χ0n) is 14.6. The SMILES string of the molecule is CN1CCN(Cc2sc3ccccc3c2Cl)C[C@]12CCNC(=O)CC2. The van der Waals surface area contributed by atoms with Crippen molar-refractivity contribution in [3.63, 3.8) is 0 Å². The molecule has 0 bridgehead atoms. The first-order valence-electron chi connectivity index (χ1n) is 8.94. The molecule has 2 aliphatic heterocycles. The summed E-state index contributed by atoms with van der Waals surface area (Å²) < 4.78 is 1.26. The Kier molecular flexibility index (Phi) is 4.75. The van der Waals surface area contributed by atoms with E-state index < -0.39 is 0 Å². The van der Waals surface area contributed by atoms with Gasteiger partial charge in [0.1, 0.15) is 0 Å². The Morgan fingerprint density at radius 3 is 2.96 bits per heavy atom. The van der Waals surface area contributed by atoms with Crippen LogP contribution in [0.2, 0.25) is 5.02 Å². The van der Waals surface area contributed by atoms with Crippen LogP contribution >= 0.6 is 22.9 Å². The second-order valence-corrected chi connectivity index (χ2v) is 8.81. The van der Waals surface area contributed by atoms with E-state index in [2.05, 4.69) is 40.4 Å². The number of nitrogens with zero attached hydrogens (tertiary/aromatic N) is 2. The average Bonchev–Trinajstić information content (AvgIpc) is 2.80. The predicted molar refractivity (Wildman–Crippen MR) is 104 cm³/mol. The maximum absolute atomic E-state index is 11.8. The highest BCUT2D eigenvalue weighted by Gasteiger charge is 2.40. The van der Waals surface area contributed by atoms with Crippen molar-refractivity contribution in [2.75, 3.05) is 33.2 Å². The van der Waals surface area contributed by atoms with Crippen molar-refractivity contribution in [2.45, 2.75) is 31.3 Å². The van der Waals surface area contributed by atoms with Crippen molar-refractivity contribution >= 4 is 38.9 Å². The minimum atomic E-state index is 0.0978. The van der Waals surface area contributed by atoms with Crippen LogP contribution in [0.4, 0.5) is 0 Å². The maximum atomic E-state index is 11.8. The van der Waals surface area contributed by atoms with Crippen LogP contribution in [0, 0.1) is 0 Å². The van der Waals surface area contributed by atoms with E-state index >= 15 is 0 Å². The monoisotopic (exact) mass is 377 g/mol. The molecule has 4 rings (SSSR count). The Bertz CT molecular complexity index is 792. The zero-order valence-corrected chi connectivity index (χ0v) is 16.1. The Morgan fingerprint density at radius 2 is 2.12 bits per heavy atom. The number of halogens is 1. The third kappa shape index (κ3) is 3.31. The van der Waals surface area contributed by atoms with Crippen LogP contribution in [0.5, 0.6) is 0 Å². The Morgan fingerprint density at radius 1 is 1.28 bits per heavy atom. The molecule has 1 amide bonds. The first-order valence-corrected chi connectivity index (χ1v) is 10.1. The van der Waals surface area contributed by atoms with Gasteiger partial charge in [0.2, 0.25) is 5.91 Å². The molecule has 0 radical (unpaired) electrons. The summed E-state index contributed by atoms with van der Waals surface area (Å²) in [4.78, 5) is 18.0. The van der Waals surface area contributed by atoms with Gasteiger partial charge in [-0.05, 0) is 26.0 Å². The van der Waals surface area contributed by atoms with Gasteiger partial charge in [-0.25, -0.2) is 0 Å². The quantitative estimate of drug-likeness (QED) is 0.871. The van der Waals surface area contributed by atoms with Crippen LogP contribution in [0.3, 0.4) is 0 Å². The van der Waals surface area contributed by atoms with Crippen LogP contribution in [0.25, 0.3) is 10.1 Å². The van der Waals surface area contributed by atoms with Gasteiger partial charge in [0.15, 0.2) is 0 Å². The highest BCUT2D eigenvalue weighted by atomic mass is 35.5. The second-order valence-electron chi connectivity index (χ2n) is 7.29. The lowest BCUT2D eigenvalue weighted by atomic mass is 9.86. The molecule has 6 heteroatoms. The molecular formula is C19H24ClN3OS. The molecule has 2 saturated heterocycles. The molecule has 0 unspecified atom stereocenters. The lowest BCUT2D eigenvalue weighted by Crippen LogP contribution is -2.60. The molecule has 2 fully saturated rings. The molecule has 0 aliphatic carbocycles. The second kappa shape index (κ2) is 6.88. The van der Waals surface area contributed by atoms with Crippen LogP contribution < -0.4 is 5.32 Å². The van der Waals surface area contributed by atoms with Crippen molar-refractivity contribution in [1.82, 2.24) is 15.1 Å². The fourth-order valence-corrected chi connectivity index (χ4v) is 5.72. The standard InChI is InChI=1S/C19H24ClN3OS/c1-22-10-11-23(13-19(22)7-6-17(24)21-9-8-19)12-16-18(20)14-4-2-3-5-15(14)25-16/h2-5H,6-13H2,1H3,(H,21,24)/t19-/m0/s1. The molecule has 0 saturated carbocycles. The van der Waals surface area contributed by atoms with E-state index in [1.807, 2.05) is 6.07 Å². The Labute approximate surface area is 157 Å². The van der Waals surface area contributed by atoms with Crippen molar-refractivity contribution in [3.05, 3.63) is 34.2 Å². The summed E-state index contributed by atoms with van der Waals surface area (Å²) in [5.41, 5.74) is 0.0978. The topological polar surface area (TPSA) is 35.6 Å². The summed E-state index contributed by atoms with van der Waals surface area (Å²) in [6, 6.07) is 8.36. The molecule has 1 N–H and O–H groups in total. The summed E-state index contributed by atoms with van der Waals surface area (Å²) >= 11 is 8.45. The lowest BCUT2D eigenvalue weighted by Gasteiger charge is -2.49. The van der Waals surface area contributed by atoms with Gasteiger partial charge in [-0.3, -0.25) is 14.6 Å². The predicted octanol–water partition coefficient (Wildman–Crippen LogP) is 3.34. The van der Waals surface area contributed by atoms with E-state index in [-0.39, 0.29) is 11.4 Å². The fourth-order valence-electron chi connectivity index (χ4n) is 4.18. The van der Waals surface area contributed by atoms with Crippen molar-refractivity contribution in [2.24, 2.45) is 0 Å². The largest absolute Gasteiger partial charge is 0.356 e. The third-order valence-corrected chi connectivity index (χ3v) is 7.48. The molecular weight excluding hydrogens is 354 g/mol. The number of carbonyl (C=O) groups is 1. The van der Waals surface area contributed by atoms with Crippen LogP contribution in [-0.4, -0.2) is 54.5 Å². The molecule has 1 atom stereocenters. The number of fused-ring (bicyclic) bond motifs is 1. The van der Waals surface area contributed by atoms with Gasteiger partial charge >= 0.3 is 0 Å². The Balaban J connectivity index is 1.54. The van der Waals surface area contributed by atoms with Crippen molar-refractivity contribution in [1.29, 1.82) is 0 Å². The molecule has 25 heavy (non-hydrogen) atoms. The summed E-state index contributed by atoms with van der Waals surface area (Å²) in [6.45, 7) is 4.76. The first kappa shape index (κ1) is 17.3. The number of piperazine rings is 1. The number of thiophene rings is 1. The van der Waals surface area contributed by atoms with Gasteiger partial charge < -0.3 is 5.32 Å². The van der Waals surface area contributed by atoms with E-state index in [0.717, 1.165) is 56.0 Å². The number of nitrogens with one attached hydrogen (secondary N) is 1. The smallest absolute Gasteiger partial charge is 0.220 e. The number of amides is 1. The fraction of sp³-hybridized carbons (Fsp3) is 0.526. The average molecular weight is 378 g/mol. The summed E-state index contributed by atoms with van der Waals surface area (Å²) in [5.74, 6) is 0.190. The molecule has 2 aliphatic rings. The number of likely N-dealkylation sites (N-methyl/N-ethyl adjacent to an activating group) is 1. The minimum absolute atomic E-state index is 0.0978. The van der Waals surface area contributed by atoms with Gasteiger partial charge in [0, 0.05) is 59.6 Å². The van der Waals surface area contributed by atoms with Crippen LogP contribution in [0.15, 0.2) is 24.3 Å². The Hall–Kier alpha value is -1.14. The first-order chi connectivity index (χ1) is 12.1. The van der Waals surface area contributed by atoms with Gasteiger partial charge in [-0.2, -0.15) is 0 Å². The molecule has 1 aromatic heterocycles. The van der Waals surface area contributed by atoms with Crippen LogP contribution in [-0.2, 0) is 11.3 Å². The van der Waals surface area contributed by atoms with Crippen LogP contribution in [0.1, 0.15) is 24.1 Å². The summed E-state index contributed by atoms with van der Waals surface area (Å²) in [7, 11) is 2.21. The van der Waals surface area contributed by atoms with Crippen molar-refractivity contribution in [3.8, 4) is 0 Å². The van der Waals surface area contributed by atoms with E-state index in [1.54, 1.807) is 11.3 Å². The van der Waals surface area contributed by atoms with E-state index in [9.17, 15) is 4.79 Å². The van der Waals surface area contributed by atoms with Crippen molar-refractivity contribution < 1.29 is 4.79 Å². The van der Waals surface area contributed by atoms with Gasteiger partial charge in [0.05, 0.1) is 5.02 Å². The maximum Gasteiger partial charge on any atom is 0.220 e. The number of hydrogen-bond acceptors (Lipinski definition) is 4. The minimum Gasteiger partial charge on any atom is -0.356 e. The summed E-state index contributed by atoms with van der Waals surface area (Å²) in [5, 5.41) is 5.10. The molecule has 134 valence electrons. The molecule has 1 spiro atoms. The number of benzene rings is 1. The van der Waals surface area contributed by atoms with E-state index in [4.69, 9.17) is 11.6 Å². The van der Waals surface area contributed by atoms with Gasteiger partial charge in [0.25, 0.3) is 0 Å². The van der Waals surface area contributed by atoms with Gasteiger partial charge in [-0.1, -0.05) is 29.8 Å². The highest BCUT2D eigenvalue weighted by Crippen LogP contribution is 2.37.